The summed E-state index contributed by atoms with van der Waals surface area (Å²) in [5.74, 6) is -0.187. The Morgan fingerprint density at radius 3 is 2.20 bits per heavy atom. The molecule has 2 saturated heterocycles. The maximum atomic E-state index is 13.0. The number of nitrogens with zero attached hydrogens (tertiary/aromatic N) is 3. The van der Waals surface area contributed by atoms with Crippen LogP contribution in [0.15, 0.2) is 48.5 Å². The van der Waals surface area contributed by atoms with Crippen molar-refractivity contribution in [1.82, 2.24) is 4.90 Å². The van der Waals surface area contributed by atoms with Crippen molar-refractivity contribution in [2.24, 2.45) is 5.92 Å². The largest absolute Gasteiger partial charge is 0.366 e. The Balaban J connectivity index is 1.44. The minimum Gasteiger partial charge on any atom is -0.366 e. The molecule has 4 rings (SSSR count). The van der Waals surface area contributed by atoms with E-state index in [2.05, 4.69) is 0 Å². The molecule has 2 aromatic carbocycles. The first-order chi connectivity index (χ1) is 14.5. The van der Waals surface area contributed by atoms with Crippen molar-refractivity contribution in [3.05, 3.63) is 69.8 Å². The summed E-state index contributed by atoms with van der Waals surface area (Å²) >= 11 is 0. The van der Waals surface area contributed by atoms with Crippen LogP contribution in [0.4, 0.5) is 11.4 Å². The zero-order valence-electron chi connectivity index (χ0n) is 16.8. The number of ketones is 1. The van der Waals surface area contributed by atoms with E-state index in [1.165, 1.54) is 6.07 Å². The first kappa shape index (κ1) is 20.1. The van der Waals surface area contributed by atoms with Crippen LogP contribution in [0.25, 0.3) is 0 Å². The van der Waals surface area contributed by atoms with E-state index in [0.717, 1.165) is 25.9 Å². The van der Waals surface area contributed by atoms with Crippen LogP contribution in [0, 0.1) is 16.0 Å². The minimum atomic E-state index is -0.408. The van der Waals surface area contributed by atoms with Gasteiger partial charge in [-0.2, -0.15) is 0 Å². The number of carbonyl (C=O) groups is 2. The maximum absolute atomic E-state index is 13.0. The molecule has 0 saturated carbocycles. The van der Waals surface area contributed by atoms with E-state index < -0.39 is 4.92 Å². The number of anilines is 1. The van der Waals surface area contributed by atoms with E-state index in [0.29, 0.717) is 42.7 Å². The second-order valence-corrected chi connectivity index (χ2v) is 7.95. The minimum absolute atomic E-state index is 0.0168. The zero-order chi connectivity index (χ0) is 21.1. The van der Waals surface area contributed by atoms with Gasteiger partial charge in [0, 0.05) is 49.3 Å². The number of nitro groups is 1. The third-order valence-corrected chi connectivity index (χ3v) is 6.08. The lowest BCUT2D eigenvalue weighted by Crippen LogP contribution is -2.40. The molecule has 30 heavy (non-hydrogen) atoms. The predicted octanol–water partition coefficient (Wildman–Crippen LogP) is 3.93. The number of benzene rings is 2. The van der Waals surface area contributed by atoms with Crippen LogP contribution in [0.5, 0.6) is 0 Å². The van der Waals surface area contributed by atoms with Crippen molar-refractivity contribution in [3.63, 3.8) is 0 Å². The number of likely N-dealkylation sites (tertiary alicyclic amines) is 1. The van der Waals surface area contributed by atoms with Crippen molar-refractivity contribution in [3.8, 4) is 0 Å². The molecule has 0 aromatic heterocycles. The van der Waals surface area contributed by atoms with Crippen LogP contribution in [0.1, 0.15) is 46.4 Å². The van der Waals surface area contributed by atoms with Gasteiger partial charge in [0.1, 0.15) is 5.69 Å². The monoisotopic (exact) mass is 407 g/mol. The maximum Gasteiger partial charge on any atom is 0.293 e. The summed E-state index contributed by atoms with van der Waals surface area (Å²) in [6.45, 7) is 2.56. The lowest BCUT2D eigenvalue weighted by molar-refractivity contribution is -0.384. The van der Waals surface area contributed by atoms with Crippen LogP contribution in [-0.4, -0.2) is 47.7 Å². The molecule has 7 nitrogen and oxygen atoms in total. The summed E-state index contributed by atoms with van der Waals surface area (Å²) in [4.78, 5) is 40.5. The Labute approximate surface area is 175 Å². The van der Waals surface area contributed by atoms with Gasteiger partial charge in [-0.1, -0.05) is 30.3 Å². The quantitative estimate of drug-likeness (QED) is 0.426. The first-order valence-corrected chi connectivity index (χ1v) is 10.5. The van der Waals surface area contributed by atoms with Gasteiger partial charge in [0.25, 0.3) is 11.6 Å². The highest BCUT2D eigenvalue weighted by atomic mass is 16.6. The van der Waals surface area contributed by atoms with E-state index in [9.17, 15) is 19.7 Å². The van der Waals surface area contributed by atoms with E-state index in [1.54, 1.807) is 17.0 Å². The topological polar surface area (TPSA) is 83.8 Å². The third kappa shape index (κ3) is 4.06. The van der Waals surface area contributed by atoms with Crippen molar-refractivity contribution in [1.29, 1.82) is 0 Å². The normalized spacial score (nSPS) is 17.2. The molecule has 0 bridgehead atoms. The molecule has 0 aliphatic carbocycles. The second kappa shape index (κ2) is 8.65. The van der Waals surface area contributed by atoms with Crippen LogP contribution in [0.2, 0.25) is 0 Å². The summed E-state index contributed by atoms with van der Waals surface area (Å²) in [6.07, 6.45) is 3.25. The van der Waals surface area contributed by atoms with Gasteiger partial charge in [0.15, 0.2) is 5.78 Å². The fourth-order valence-electron chi connectivity index (χ4n) is 4.39. The second-order valence-electron chi connectivity index (χ2n) is 7.95. The van der Waals surface area contributed by atoms with Gasteiger partial charge >= 0.3 is 0 Å². The molecule has 0 N–H and O–H groups in total. The highest BCUT2D eigenvalue weighted by molar-refractivity contribution is 5.98. The molecule has 2 fully saturated rings. The molecule has 156 valence electrons. The number of piperidine rings is 1. The van der Waals surface area contributed by atoms with Gasteiger partial charge in [-0.3, -0.25) is 19.7 Å². The number of Topliss-reactive ketones (excluding diaryl/α,β-unsaturated/α-hetero) is 1. The zero-order valence-corrected chi connectivity index (χ0v) is 16.8. The summed E-state index contributed by atoms with van der Waals surface area (Å²) in [7, 11) is 0. The van der Waals surface area contributed by atoms with Crippen LogP contribution >= 0.6 is 0 Å². The van der Waals surface area contributed by atoms with E-state index in [1.807, 2.05) is 35.2 Å². The number of hydrogen-bond acceptors (Lipinski definition) is 5. The molecule has 2 aliphatic heterocycles. The van der Waals surface area contributed by atoms with Crippen LogP contribution in [0.3, 0.4) is 0 Å². The SMILES string of the molecule is O=C(c1ccccc1)C1CCN(C(=O)c2ccc(N3CCCC3)c([N+](=O)[O-])c2)CC1. The molecule has 1 amide bonds. The van der Waals surface area contributed by atoms with Gasteiger partial charge in [-0.15, -0.1) is 0 Å². The predicted molar refractivity (Wildman–Crippen MR) is 114 cm³/mol. The fourth-order valence-corrected chi connectivity index (χ4v) is 4.39. The average Bonchev–Trinajstić information content (AvgIpc) is 3.33. The van der Waals surface area contributed by atoms with Gasteiger partial charge in [0.2, 0.25) is 0 Å². The average molecular weight is 407 g/mol. The van der Waals surface area contributed by atoms with Crippen LogP contribution in [-0.2, 0) is 0 Å². The Hall–Kier alpha value is -3.22. The van der Waals surface area contributed by atoms with Crippen molar-refractivity contribution >= 4 is 23.1 Å². The Bertz CT molecular complexity index is 946. The number of rotatable bonds is 5. The molecule has 0 spiro atoms. The van der Waals surface area contributed by atoms with Gasteiger partial charge in [0.05, 0.1) is 4.92 Å². The molecular formula is C23H25N3O4. The van der Waals surface area contributed by atoms with Crippen LogP contribution < -0.4 is 4.90 Å². The summed E-state index contributed by atoms with van der Waals surface area (Å²) in [6, 6.07) is 14.0. The number of amides is 1. The molecule has 7 heteroatoms. The van der Waals surface area contributed by atoms with Gasteiger partial charge < -0.3 is 9.80 Å². The third-order valence-electron chi connectivity index (χ3n) is 6.08. The molecule has 2 aromatic rings. The molecule has 0 radical (unpaired) electrons. The van der Waals surface area contributed by atoms with E-state index in [4.69, 9.17) is 0 Å². The van der Waals surface area contributed by atoms with Crippen molar-refractivity contribution in [2.75, 3.05) is 31.1 Å². The molecule has 2 heterocycles. The first-order valence-electron chi connectivity index (χ1n) is 10.5. The fraction of sp³-hybridized carbons (Fsp3) is 0.391. The van der Waals surface area contributed by atoms with Crippen molar-refractivity contribution < 1.29 is 14.5 Å². The summed E-state index contributed by atoms with van der Waals surface area (Å²) < 4.78 is 0. The Morgan fingerprint density at radius 2 is 1.57 bits per heavy atom. The number of hydrogen-bond donors (Lipinski definition) is 0. The van der Waals surface area contributed by atoms with E-state index >= 15 is 0 Å². The Morgan fingerprint density at radius 1 is 0.900 bits per heavy atom. The highest BCUT2D eigenvalue weighted by Gasteiger charge is 2.30. The summed E-state index contributed by atoms with van der Waals surface area (Å²) in [5, 5.41) is 11.6. The lowest BCUT2D eigenvalue weighted by atomic mass is 9.88. The molecular weight excluding hydrogens is 382 g/mol. The standard InChI is InChI=1S/C23H25N3O4/c27-22(17-6-2-1-3-7-17)18-10-14-25(15-11-18)23(28)19-8-9-20(21(16-19)26(29)30)24-12-4-5-13-24/h1-3,6-9,16,18H,4-5,10-15H2. The number of carbonyl (C=O) groups excluding carboxylic acids is 2. The number of nitro benzene ring substituents is 1. The highest BCUT2D eigenvalue weighted by Crippen LogP contribution is 2.32. The Kier molecular flexibility index (Phi) is 5.79. The molecule has 0 unspecified atom stereocenters. The van der Waals surface area contributed by atoms with Gasteiger partial charge in [-0.25, -0.2) is 0 Å². The molecule has 2 aliphatic rings. The lowest BCUT2D eigenvalue weighted by Gasteiger charge is -2.31. The molecule has 0 atom stereocenters. The smallest absolute Gasteiger partial charge is 0.293 e. The van der Waals surface area contributed by atoms with E-state index in [-0.39, 0.29) is 23.3 Å². The van der Waals surface area contributed by atoms with Crippen molar-refractivity contribution in [2.45, 2.75) is 25.7 Å². The van der Waals surface area contributed by atoms with Gasteiger partial charge in [-0.05, 0) is 37.8 Å². The summed E-state index contributed by atoms with van der Waals surface area (Å²) in [5.41, 5.74) is 1.60.